The quantitative estimate of drug-likeness (QED) is 0.520. The van der Waals surface area contributed by atoms with Crippen molar-refractivity contribution < 1.29 is 0 Å². The first-order valence-electron chi connectivity index (χ1n) is 12.5. The summed E-state index contributed by atoms with van der Waals surface area (Å²) in [7, 11) is 0. The largest absolute Gasteiger partial charge is 0.384 e. The van der Waals surface area contributed by atoms with E-state index in [0.717, 1.165) is 38.3 Å². The Morgan fingerprint density at radius 2 is 1.81 bits per heavy atom. The second-order valence-electron chi connectivity index (χ2n) is 9.36. The summed E-state index contributed by atoms with van der Waals surface area (Å²) in [6.45, 7) is 10.6. The smallest absolute Gasteiger partial charge is 0.0757 e. The van der Waals surface area contributed by atoms with Gasteiger partial charge in [0.25, 0.3) is 0 Å². The molecule has 1 aromatic carbocycles. The van der Waals surface area contributed by atoms with Crippen LogP contribution in [0.3, 0.4) is 0 Å². The molecule has 3 N–H and O–H groups in total. The number of rotatable bonds is 6. The Morgan fingerprint density at radius 1 is 1.03 bits per heavy atom. The number of thiophene rings is 1. The molecule has 0 radical (unpaired) electrons. The van der Waals surface area contributed by atoms with Gasteiger partial charge in [0, 0.05) is 24.8 Å². The molecule has 0 amide bonds. The van der Waals surface area contributed by atoms with Crippen LogP contribution in [0, 0.1) is 6.92 Å². The van der Waals surface area contributed by atoms with Crippen molar-refractivity contribution in [2.24, 2.45) is 0 Å². The minimum Gasteiger partial charge on any atom is -0.384 e. The Kier molecular flexibility index (Phi) is 8.66. The Hall–Kier alpha value is -1.82. The van der Waals surface area contributed by atoms with E-state index in [9.17, 15) is 0 Å². The molecule has 0 bridgehead atoms. The maximum atomic E-state index is 4.42. The zero-order valence-corrected chi connectivity index (χ0v) is 20.5. The minimum atomic E-state index is 0.706. The van der Waals surface area contributed by atoms with Crippen LogP contribution in [0.25, 0.3) is 5.70 Å². The van der Waals surface area contributed by atoms with Crippen LogP contribution < -0.4 is 21.1 Å². The van der Waals surface area contributed by atoms with Gasteiger partial charge in [-0.1, -0.05) is 56.5 Å². The number of fused-ring (bicyclic) bond motifs is 1. The van der Waals surface area contributed by atoms with Crippen molar-refractivity contribution in [1.82, 2.24) is 16.1 Å². The molecule has 2 aromatic rings. The van der Waals surface area contributed by atoms with E-state index in [1.807, 2.05) is 11.3 Å². The lowest BCUT2D eigenvalue weighted by Crippen LogP contribution is -2.39. The summed E-state index contributed by atoms with van der Waals surface area (Å²) < 4.78 is 0. The topological polar surface area (TPSA) is 39.3 Å². The lowest BCUT2D eigenvalue weighted by Gasteiger charge is -2.29. The highest BCUT2D eigenvalue weighted by atomic mass is 32.1. The molecule has 0 unspecified atom stereocenters. The van der Waals surface area contributed by atoms with E-state index >= 15 is 0 Å². The summed E-state index contributed by atoms with van der Waals surface area (Å²) in [5.41, 5.74) is 10.3. The molecule has 174 valence electrons. The third-order valence-electron chi connectivity index (χ3n) is 6.90. The molecule has 2 aliphatic rings. The van der Waals surface area contributed by atoms with Crippen molar-refractivity contribution in [1.29, 1.82) is 0 Å². The van der Waals surface area contributed by atoms with Crippen LogP contribution >= 0.6 is 11.3 Å². The van der Waals surface area contributed by atoms with Crippen molar-refractivity contribution in [2.45, 2.75) is 77.3 Å². The zero-order valence-electron chi connectivity index (χ0n) is 19.7. The van der Waals surface area contributed by atoms with E-state index in [4.69, 9.17) is 0 Å². The Bertz CT molecular complexity index is 868. The second kappa shape index (κ2) is 11.9. The fourth-order valence-corrected chi connectivity index (χ4v) is 5.98. The predicted octanol–water partition coefficient (Wildman–Crippen LogP) is 5.78. The molecular weight excluding hydrogens is 412 g/mol. The molecule has 4 nitrogen and oxygen atoms in total. The summed E-state index contributed by atoms with van der Waals surface area (Å²) in [5.74, 6) is 0. The molecule has 32 heavy (non-hydrogen) atoms. The number of aryl methyl sites for hydroxylation is 1. The number of hydrogen-bond donors (Lipinski definition) is 3. The van der Waals surface area contributed by atoms with Gasteiger partial charge in [0.15, 0.2) is 0 Å². The third-order valence-corrected chi connectivity index (χ3v) is 7.98. The number of benzene rings is 1. The van der Waals surface area contributed by atoms with Crippen LogP contribution in [0.4, 0.5) is 5.69 Å². The first-order chi connectivity index (χ1) is 15.7. The summed E-state index contributed by atoms with van der Waals surface area (Å²) in [6.07, 6.45) is 11.5. The first-order valence-corrected chi connectivity index (χ1v) is 13.4. The summed E-state index contributed by atoms with van der Waals surface area (Å²) in [6, 6.07) is 9.45. The average Bonchev–Trinajstić information content (AvgIpc) is 3.22. The SMILES string of the molecule is C=C1NCCCCCNN(Cc2ccccc2C)c2c(CCNC3CCCCC3)csc21. The molecule has 1 aliphatic heterocycles. The van der Waals surface area contributed by atoms with Gasteiger partial charge in [0.1, 0.15) is 0 Å². The number of hydrazine groups is 1. The Labute approximate surface area is 198 Å². The third kappa shape index (κ3) is 6.15. The van der Waals surface area contributed by atoms with E-state index < -0.39 is 0 Å². The van der Waals surface area contributed by atoms with E-state index in [0.29, 0.717) is 6.04 Å². The standard InChI is InChI=1S/C27H40N4S/c1-21-11-7-8-12-23(21)19-31-26-24(15-18-29-25-13-5-3-6-14-25)20-32-27(26)22(2)28-16-9-4-10-17-30-31/h7-8,11-12,20,25,28-30H,2-6,9-10,13-19H2,1H3. The minimum absolute atomic E-state index is 0.706. The normalized spacial score (nSPS) is 18.7. The molecule has 2 heterocycles. The summed E-state index contributed by atoms with van der Waals surface area (Å²) in [5, 5.41) is 12.2. The molecule has 0 spiro atoms. The van der Waals surface area contributed by atoms with Gasteiger partial charge >= 0.3 is 0 Å². The number of anilines is 1. The van der Waals surface area contributed by atoms with Crippen molar-refractivity contribution in [3.63, 3.8) is 0 Å². The van der Waals surface area contributed by atoms with Gasteiger partial charge in [-0.15, -0.1) is 11.3 Å². The van der Waals surface area contributed by atoms with Gasteiger partial charge in [0.05, 0.1) is 17.1 Å². The van der Waals surface area contributed by atoms with Crippen LogP contribution in [0.5, 0.6) is 0 Å². The molecule has 0 atom stereocenters. The van der Waals surface area contributed by atoms with Crippen LogP contribution in [0.2, 0.25) is 0 Å². The maximum Gasteiger partial charge on any atom is 0.0757 e. The molecule has 1 aliphatic carbocycles. The van der Waals surface area contributed by atoms with E-state index in [1.165, 1.54) is 78.6 Å². The lowest BCUT2D eigenvalue weighted by atomic mass is 9.95. The lowest BCUT2D eigenvalue weighted by molar-refractivity contribution is 0.375. The van der Waals surface area contributed by atoms with Crippen molar-refractivity contribution in [3.8, 4) is 0 Å². The van der Waals surface area contributed by atoms with Gasteiger partial charge in [-0.25, -0.2) is 5.43 Å². The second-order valence-corrected chi connectivity index (χ2v) is 10.2. The van der Waals surface area contributed by atoms with Crippen LogP contribution in [-0.2, 0) is 13.0 Å². The van der Waals surface area contributed by atoms with Crippen molar-refractivity contribution in [3.05, 3.63) is 57.8 Å². The highest BCUT2D eigenvalue weighted by Crippen LogP contribution is 2.36. The summed E-state index contributed by atoms with van der Waals surface area (Å²) in [4.78, 5) is 1.28. The average molecular weight is 453 g/mol. The zero-order chi connectivity index (χ0) is 22.2. The molecular formula is C27H40N4S. The number of nitrogens with zero attached hydrogens (tertiary/aromatic N) is 1. The van der Waals surface area contributed by atoms with E-state index in [1.54, 1.807) is 0 Å². The van der Waals surface area contributed by atoms with E-state index in [2.05, 4.69) is 64.2 Å². The molecule has 4 rings (SSSR count). The summed E-state index contributed by atoms with van der Waals surface area (Å²) >= 11 is 1.84. The van der Waals surface area contributed by atoms with Crippen molar-refractivity contribution in [2.75, 3.05) is 24.6 Å². The highest BCUT2D eigenvalue weighted by Gasteiger charge is 2.22. The number of hydrogen-bond acceptors (Lipinski definition) is 5. The Morgan fingerprint density at radius 3 is 2.66 bits per heavy atom. The van der Waals surface area contributed by atoms with Crippen LogP contribution in [0.15, 0.2) is 36.2 Å². The van der Waals surface area contributed by atoms with Crippen LogP contribution in [-0.4, -0.2) is 25.7 Å². The van der Waals surface area contributed by atoms with Gasteiger partial charge in [-0.3, -0.25) is 0 Å². The van der Waals surface area contributed by atoms with Gasteiger partial charge in [0.2, 0.25) is 0 Å². The van der Waals surface area contributed by atoms with E-state index in [-0.39, 0.29) is 0 Å². The molecule has 1 saturated carbocycles. The van der Waals surface area contributed by atoms with Gasteiger partial charge in [-0.05, 0) is 67.6 Å². The highest BCUT2D eigenvalue weighted by molar-refractivity contribution is 7.11. The fraction of sp³-hybridized carbons (Fsp3) is 0.556. The molecule has 0 saturated heterocycles. The van der Waals surface area contributed by atoms with Gasteiger partial charge < -0.3 is 15.6 Å². The Balaban J connectivity index is 1.57. The molecule has 1 aromatic heterocycles. The molecule has 1 fully saturated rings. The fourth-order valence-electron chi connectivity index (χ4n) is 4.92. The van der Waals surface area contributed by atoms with Crippen molar-refractivity contribution >= 4 is 22.7 Å². The number of nitrogens with one attached hydrogen (secondary N) is 3. The van der Waals surface area contributed by atoms with Crippen LogP contribution in [0.1, 0.15) is 72.9 Å². The monoisotopic (exact) mass is 452 g/mol. The van der Waals surface area contributed by atoms with Gasteiger partial charge in [-0.2, -0.15) is 0 Å². The maximum absolute atomic E-state index is 4.42. The predicted molar refractivity (Wildman–Crippen MR) is 139 cm³/mol. The first kappa shape index (κ1) is 23.3. The molecule has 5 heteroatoms.